The molecular formula is C19H22Cl2N6O3. The van der Waals surface area contributed by atoms with E-state index in [1.165, 1.54) is 11.9 Å². The standard InChI is InChI=1S/C19H22Cl2N6O3/c1-27(19(29)30)8-2-7-22-16-10-15(11-3-4-11)24-17(25-16)26-18(28)23-12-5-6-13(20)14(21)9-12/h5-6,9-11H,2-4,7-8H2,1H3,(H,29,30)(H3,22,23,24,25,26,28). The highest BCUT2D eigenvalue weighted by Crippen LogP contribution is 2.39. The van der Waals surface area contributed by atoms with E-state index in [1.54, 1.807) is 18.2 Å². The summed E-state index contributed by atoms with van der Waals surface area (Å²) in [5, 5.41) is 18.1. The highest BCUT2D eigenvalue weighted by atomic mass is 35.5. The molecule has 1 saturated carbocycles. The fourth-order valence-electron chi connectivity index (χ4n) is 2.67. The minimum atomic E-state index is -0.965. The summed E-state index contributed by atoms with van der Waals surface area (Å²) in [4.78, 5) is 33.1. The Morgan fingerprint density at radius 1 is 1.17 bits per heavy atom. The molecule has 0 bridgehead atoms. The van der Waals surface area contributed by atoms with E-state index in [2.05, 4.69) is 25.9 Å². The lowest BCUT2D eigenvalue weighted by Crippen LogP contribution is -2.27. The molecule has 0 radical (unpaired) electrons. The van der Waals surface area contributed by atoms with Gasteiger partial charge in [-0.15, -0.1) is 0 Å². The van der Waals surface area contributed by atoms with E-state index >= 15 is 0 Å². The molecule has 11 heteroatoms. The molecule has 3 rings (SSSR count). The Balaban J connectivity index is 1.61. The van der Waals surface area contributed by atoms with Gasteiger partial charge in [0.1, 0.15) is 5.82 Å². The Hall–Kier alpha value is -2.78. The van der Waals surface area contributed by atoms with Crippen LogP contribution in [-0.4, -0.2) is 52.2 Å². The van der Waals surface area contributed by atoms with E-state index in [9.17, 15) is 9.59 Å². The molecular weight excluding hydrogens is 431 g/mol. The van der Waals surface area contributed by atoms with Gasteiger partial charge in [0.2, 0.25) is 5.95 Å². The predicted octanol–water partition coefficient (Wildman–Crippen LogP) is 4.72. The first-order chi connectivity index (χ1) is 14.3. The van der Waals surface area contributed by atoms with Crippen molar-refractivity contribution in [3.63, 3.8) is 0 Å². The average molecular weight is 453 g/mol. The molecule has 2 aromatic rings. The van der Waals surface area contributed by atoms with E-state index in [-0.39, 0.29) is 5.95 Å². The Kier molecular flexibility index (Phi) is 7.17. The average Bonchev–Trinajstić information content (AvgIpc) is 3.53. The van der Waals surface area contributed by atoms with Crippen LogP contribution in [0.2, 0.25) is 10.0 Å². The number of halogens is 2. The molecule has 160 valence electrons. The number of amides is 3. The van der Waals surface area contributed by atoms with Crippen LogP contribution in [0.3, 0.4) is 0 Å². The fourth-order valence-corrected chi connectivity index (χ4v) is 2.96. The van der Waals surface area contributed by atoms with Gasteiger partial charge in [-0.05, 0) is 37.5 Å². The number of carbonyl (C=O) groups is 2. The van der Waals surface area contributed by atoms with Gasteiger partial charge in [-0.2, -0.15) is 4.98 Å². The first-order valence-electron chi connectivity index (χ1n) is 9.42. The zero-order chi connectivity index (χ0) is 21.7. The second-order valence-electron chi connectivity index (χ2n) is 6.97. The normalized spacial score (nSPS) is 12.9. The number of aromatic nitrogens is 2. The zero-order valence-corrected chi connectivity index (χ0v) is 17.8. The number of carbonyl (C=O) groups excluding carboxylic acids is 1. The maximum atomic E-state index is 12.3. The van der Waals surface area contributed by atoms with Crippen LogP contribution in [-0.2, 0) is 0 Å². The number of hydrogen-bond donors (Lipinski definition) is 4. The number of carboxylic acid groups (broad SMARTS) is 1. The monoisotopic (exact) mass is 452 g/mol. The van der Waals surface area contributed by atoms with Gasteiger partial charge in [0, 0.05) is 37.8 Å². The van der Waals surface area contributed by atoms with Gasteiger partial charge in [0.05, 0.1) is 15.7 Å². The van der Waals surface area contributed by atoms with Crippen LogP contribution in [0, 0.1) is 0 Å². The van der Waals surface area contributed by atoms with E-state index in [0.717, 1.165) is 18.5 Å². The second-order valence-corrected chi connectivity index (χ2v) is 7.78. The lowest BCUT2D eigenvalue weighted by atomic mass is 10.2. The van der Waals surface area contributed by atoms with Crippen molar-refractivity contribution in [2.75, 3.05) is 36.1 Å². The van der Waals surface area contributed by atoms with Crippen LogP contribution in [0.25, 0.3) is 0 Å². The zero-order valence-electron chi connectivity index (χ0n) is 16.3. The van der Waals surface area contributed by atoms with Crippen LogP contribution in [0.15, 0.2) is 24.3 Å². The molecule has 1 aliphatic carbocycles. The summed E-state index contributed by atoms with van der Waals surface area (Å²) in [6.45, 7) is 0.938. The molecule has 1 aromatic carbocycles. The Bertz CT molecular complexity index is 938. The molecule has 0 aliphatic heterocycles. The number of urea groups is 1. The van der Waals surface area contributed by atoms with Gasteiger partial charge in [-0.1, -0.05) is 23.2 Å². The van der Waals surface area contributed by atoms with Gasteiger partial charge in [0.15, 0.2) is 0 Å². The molecule has 3 amide bonds. The Morgan fingerprint density at radius 3 is 2.60 bits per heavy atom. The topological polar surface area (TPSA) is 119 Å². The number of nitrogens with one attached hydrogen (secondary N) is 3. The summed E-state index contributed by atoms with van der Waals surface area (Å²) >= 11 is 11.8. The molecule has 0 unspecified atom stereocenters. The van der Waals surface area contributed by atoms with Crippen LogP contribution < -0.4 is 16.0 Å². The summed E-state index contributed by atoms with van der Waals surface area (Å²) < 4.78 is 0. The van der Waals surface area contributed by atoms with Crippen molar-refractivity contribution >= 4 is 52.8 Å². The highest BCUT2D eigenvalue weighted by Gasteiger charge is 2.26. The van der Waals surface area contributed by atoms with Crippen molar-refractivity contribution in [1.29, 1.82) is 0 Å². The highest BCUT2D eigenvalue weighted by molar-refractivity contribution is 6.42. The summed E-state index contributed by atoms with van der Waals surface area (Å²) in [5.74, 6) is 1.13. The Labute approximate surface area is 183 Å². The molecule has 1 aliphatic rings. The first-order valence-corrected chi connectivity index (χ1v) is 10.2. The lowest BCUT2D eigenvalue weighted by molar-refractivity contribution is 0.156. The fraction of sp³-hybridized carbons (Fsp3) is 0.368. The smallest absolute Gasteiger partial charge is 0.407 e. The summed E-state index contributed by atoms with van der Waals surface area (Å²) in [5.41, 5.74) is 1.35. The largest absolute Gasteiger partial charge is 0.465 e. The van der Waals surface area contributed by atoms with Crippen molar-refractivity contribution in [2.24, 2.45) is 0 Å². The molecule has 9 nitrogen and oxygen atoms in total. The number of anilines is 3. The summed E-state index contributed by atoms with van der Waals surface area (Å²) in [7, 11) is 1.52. The molecule has 0 spiro atoms. The number of benzene rings is 1. The quantitative estimate of drug-likeness (QED) is 0.430. The number of rotatable bonds is 8. The maximum Gasteiger partial charge on any atom is 0.407 e. The predicted molar refractivity (Wildman–Crippen MR) is 117 cm³/mol. The molecule has 1 heterocycles. The van der Waals surface area contributed by atoms with E-state index in [0.29, 0.717) is 47.0 Å². The van der Waals surface area contributed by atoms with Crippen LogP contribution in [0.1, 0.15) is 30.9 Å². The molecule has 0 saturated heterocycles. The van der Waals surface area contributed by atoms with E-state index in [1.807, 2.05) is 6.07 Å². The lowest BCUT2D eigenvalue weighted by Gasteiger charge is -2.14. The number of hydrogen-bond acceptors (Lipinski definition) is 5. The maximum absolute atomic E-state index is 12.3. The van der Waals surface area contributed by atoms with Crippen molar-refractivity contribution < 1.29 is 14.7 Å². The second kappa shape index (κ2) is 9.82. The van der Waals surface area contributed by atoms with Crippen LogP contribution in [0.5, 0.6) is 0 Å². The van der Waals surface area contributed by atoms with Crippen molar-refractivity contribution in [3.8, 4) is 0 Å². The Morgan fingerprint density at radius 2 is 1.93 bits per heavy atom. The minimum Gasteiger partial charge on any atom is -0.465 e. The van der Waals surface area contributed by atoms with Crippen molar-refractivity contribution in [2.45, 2.75) is 25.2 Å². The third-order valence-corrected chi connectivity index (χ3v) is 5.19. The summed E-state index contributed by atoms with van der Waals surface area (Å²) in [6.07, 6.45) is 1.75. The van der Waals surface area contributed by atoms with Gasteiger partial charge in [-0.3, -0.25) is 5.32 Å². The van der Waals surface area contributed by atoms with Gasteiger partial charge < -0.3 is 20.6 Å². The first kappa shape index (κ1) is 21.9. The minimum absolute atomic E-state index is 0.183. The molecule has 4 N–H and O–H groups in total. The molecule has 1 fully saturated rings. The third kappa shape index (κ3) is 6.36. The van der Waals surface area contributed by atoms with Crippen molar-refractivity contribution in [1.82, 2.24) is 14.9 Å². The number of nitrogens with zero attached hydrogens (tertiary/aromatic N) is 3. The summed E-state index contributed by atoms with van der Waals surface area (Å²) in [6, 6.07) is 6.13. The van der Waals surface area contributed by atoms with Gasteiger partial charge >= 0.3 is 12.1 Å². The third-order valence-electron chi connectivity index (χ3n) is 4.45. The van der Waals surface area contributed by atoms with E-state index in [4.69, 9.17) is 28.3 Å². The van der Waals surface area contributed by atoms with Crippen LogP contribution >= 0.6 is 23.2 Å². The molecule has 1 aromatic heterocycles. The van der Waals surface area contributed by atoms with E-state index < -0.39 is 12.1 Å². The SMILES string of the molecule is CN(CCCNc1cc(C2CC2)nc(NC(=O)Nc2ccc(Cl)c(Cl)c2)n1)C(=O)O. The van der Waals surface area contributed by atoms with Gasteiger partial charge in [0.25, 0.3) is 0 Å². The molecule has 30 heavy (non-hydrogen) atoms. The molecule has 0 atom stereocenters. The van der Waals surface area contributed by atoms with Crippen LogP contribution in [0.4, 0.5) is 27.0 Å². The van der Waals surface area contributed by atoms with Crippen molar-refractivity contribution in [3.05, 3.63) is 40.0 Å². The van der Waals surface area contributed by atoms with Gasteiger partial charge in [-0.25, -0.2) is 14.6 Å².